The van der Waals surface area contributed by atoms with Crippen molar-refractivity contribution >= 4 is 17.2 Å². The lowest BCUT2D eigenvalue weighted by Gasteiger charge is -2.61. The molecule has 1 spiro atoms. The maximum atomic E-state index is 12.4. The highest BCUT2D eigenvalue weighted by molar-refractivity contribution is 7.13. The van der Waals surface area contributed by atoms with Crippen LogP contribution < -0.4 is 5.32 Å². The maximum Gasteiger partial charge on any atom is 0.236 e. The van der Waals surface area contributed by atoms with E-state index in [9.17, 15) is 4.79 Å². The van der Waals surface area contributed by atoms with E-state index in [1.165, 1.54) is 6.42 Å². The number of amides is 1. The van der Waals surface area contributed by atoms with Gasteiger partial charge in [-0.05, 0) is 37.6 Å². The van der Waals surface area contributed by atoms with Gasteiger partial charge in [0.25, 0.3) is 0 Å². The van der Waals surface area contributed by atoms with Crippen molar-refractivity contribution < 1.29 is 13.9 Å². The summed E-state index contributed by atoms with van der Waals surface area (Å²) in [5.74, 6) is 0.607. The minimum atomic E-state index is 0.0206. The lowest BCUT2D eigenvalue weighted by molar-refractivity contribution is -0.175. The van der Waals surface area contributed by atoms with Crippen molar-refractivity contribution in [2.45, 2.75) is 51.2 Å². The smallest absolute Gasteiger partial charge is 0.236 e. The van der Waals surface area contributed by atoms with E-state index in [0.29, 0.717) is 17.7 Å². The number of aromatic nitrogens is 1. The van der Waals surface area contributed by atoms with Crippen LogP contribution in [0.15, 0.2) is 28.2 Å². The van der Waals surface area contributed by atoms with Crippen LogP contribution in [0.25, 0.3) is 10.8 Å². The quantitative estimate of drug-likeness (QED) is 0.870. The van der Waals surface area contributed by atoms with Gasteiger partial charge in [-0.25, -0.2) is 4.98 Å². The van der Waals surface area contributed by atoms with E-state index in [1.54, 1.807) is 17.6 Å². The van der Waals surface area contributed by atoms with Gasteiger partial charge in [-0.15, -0.1) is 11.3 Å². The number of hydrogen-bond donors (Lipinski definition) is 1. The third-order valence-electron chi connectivity index (χ3n) is 5.40. The molecule has 0 saturated heterocycles. The highest BCUT2D eigenvalue weighted by Crippen LogP contribution is 2.57. The number of oxazole rings is 1. The van der Waals surface area contributed by atoms with Gasteiger partial charge in [0.1, 0.15) is 6.26 Å². The van der Waals surface area contributed by atoms with Crippen molar-refractivity contribution in [2.75, 3.05) is 6.61 Å². The van der Waals surface area contributed by atoms with Gasteiger partial charge in [0.2, 0.25) is 11.8 Å². The normalized spacial score (nSPS) is 24.4. The van der Waals surface area contributed by atoms with Crippen LogP contribution in [0, 0.1) is 5.41 Å². The Bertz CT molecular complexity index is 706. The molecule has 6 heteroatoms. The van der Waals surface area contributed by atoms with E-state index in [0.717, 1.165) is 30.7 Å². The Balaban J connectivity index is 1.34. The summed E-state index contributed by atoms with van der Waals surface area (Å²) in [4.78, 5) is 17.8. The number of hydrogen-bond acceptors (Lipinski definition) is 5. The zero-order valence-electron chi connectivity index (χ0n) is 13.8. The molecular weight excluding hydrogens is 324 g/mol. The lowest BCUT2D eigenvalue weighted by Crippen LogP contribution is -2.67. The minimum absolute atomic E-state index is 0.0206. The second-order valence-corrected chi connectivity index (χ2v) is 7.63. The van der Waals surface area contributed by atoms with Crippen LogP contribution in [-0.4, -0.2) is 29.6 Å². The second-order valence-electron chi connectivity index (χ2n) is 6.68. The van der Waals surface area contributed by atoms with Crippen molar-refractivity contribution in [2.24, 2.45) is 5.41 Å². The Morgan fingerprint density at radius 2 is 2.42 bits per heavy atom. The van der Waals surface area contributed by atoms with Crippen LogP contribution in [0.2, 0.25) is 0 Å². The molecule has 2 aliphatic carbocycles. The number of carbonyl (C=O) groups excluding carboxylic acids is 1. The molecule has 5 nitrogen and oxygen atoms in total. The van der Waals surface area contributed by atoms with Gasteiger partial charge >= 0.3 is 0 Å². The summed E-state index contributed by atoms with van der Waals surface area (Å²) in [7, 11) is 0. The summed E-state index contributed by atoms with van der Waals surface area (Å²) in [5.41, 5.74) is 0.872. The third kappa shape index (κ3) is 2.67. The molecule has 2 atom stereocenters. The number of nitrogens with zero attached hydrogens (tertiary/aromatic N) is 1. The number of nitrogens with one attached hydrogen (secondary N) is 1. The molecule has 2 fully saturated rings. The molecular formula is C18H22N2O3S. The number of ether oxygens (including phenoxy) is 1. The fraction of sp³-hybridized carbons (Fsp3) is 0.556. The average molecular weight is 346 g/mol. The zero-order valence-corrected chi connectivity index (χ0v) is 14.6. The van der Waals surface area contributed by atoms with Gasteiger partial charge in [0.15, 0.2) is 0 Å². The van der Waals surface area contributed by atoms with Crippen LogP contribution >= 0.6 is 11.3 Å². The third-order valence-corrected chi connectivity index (χ3v) is 6.26. The molecule has 0 radical (unpaired) electrons. The Hall–Kier alpha value is -1.66. The van der Waals surface area contributed by atoms with Crippen LogP contribution in [0.1, 0.15) is 38.3 Å². The standard InChI is InChI=1S/C18H22N2O3S/c1-2-22-15-10-14(18(15)6-4-7-18)20-16(21)9-12-11-23-17(19-12)13-5-3-8-24-13/h3,5,8,11,14-15H,2,4,6-7,9-10H2,1H3,(H,20,21)/t14-,15+/m0/s1. The summed E-state index contributed by atoms with van der Waals surface area (Å²) in [5, 5.41) is 5.17. The molecule has 2 aromatic rings. The Labute approximate surface area is 145 Å². The van der Waals surface area contributed by atoms with Crippen molar-refractivity contribution in [3.05, 3.63) is 29.5 Å². The molecule has 0 bridgehead atoms. The Morgan fingerprint density at radius 1 is 1.54 bits per heavy atom. The molecule has 0 unspecified atom stereocenters. The lowest BCUT2D eigenvalue weighted by atomic mass is 9.51. The molecule has 1 amide bonds. The molecule has 24 heavy (non-hydrogen) atoms. The first-order valence-electron chi connectivity index (χ1n) is 8.60. The summed E-state index contributed by atoms with van der Waals surface area (Å²) in [6, 6.07) is 4.17. The highest BCUT2D eigenvalue weighted by atomic mass is 32.1. The van der Waals surface area contributed by atoms with E-state index < -0.39 is 0 Å². The van der Waals surface area contributed by atoms with E-state index in [2.05, 4.69) is 10.3 Å². The summed E-state index contributed by atoms with van der Waals surface area (Å²) < 4.78 is 11.3. The molecule has 2 heterocycles. The molecule has 2 saturated carbocycles. The largest absolute Gasteiger partial charge is 0.444 e. The first-order valence-corrected chi connectivity index (χ1v) is 9.48. The minimum Gasteiger partial charge on any atom is -0.444 e. The maximum absolute atomic E-state index is 12.4. The molecule has 2 aliphatic rings. The Morgan fingerprint density at radius 3 is 3.08 bits per heavy atom. The highest BCUT2D eigenvalue weighted by Gasteiger charge is 2.59. The van der Waals surface area contributed by atoms with Crippen LogP contribution in [0.3, 0.4) is 0 Å². The second kappa shape index (κ2) is 6.33. The van der Waals surface area contributed by atoms with Crippen LogP contribution in [0.4, 0.5) is 0 Å². The molecule has 4 rings (SSSR count). The van der Waals surface area contributed by atoms with E-state index in [4.69, 9.17) is 9.15 Å². The number of thiophene rings is 1. The summed E-state index contributed by atoms with van der Waals surface area (Å²) in [6.45, 7) is 2.78. The van der Waals surface area contributed by atoms with Gasteiger partial charge in [0.05, 0.1) is 23.1 Å². The van der Waals surface area contributed by atoms with Gasteiger partial charge in [-0.3, -0.25) is 4.79 Å². The van der Waals surface area contributed by atoms with Crippen LogP contribution in [0.5, 0.6) is 0 Å². The molecule has 2 aromatic heterocycles. The monoisotopic (exact) mass is 346 g/mol. The first kappa shape index (κ1) is 15.8. The molecule has 0 aliphatic heterocycles. The zero-order chi connectivity index (χ0) is 16.6. The predicted molar refractivity (Wildman–Crippen MR) is 91.8 cm³/mol. The molecule has 1 N–H and O–H groups in total. The molecule has 128 valence electrons. The van der Waals surface area contributed by atoms with Gasteiger partial charge in [0, 0.05) is 18.1 Å². The summed E-state index contributed by atoms with van der Waals surface area (Å²) in [6.07, 6.45) is 6.66. The van der Waals surface area contributed by atoms with Crippen molar-refractivity contribution in [3.8, 4) is 10.8 Å². The van der Waals surface area contributed by atoms with E-state index in [1.807, 2.05) is 24.4 Å². The number of rotatable bonds is 6. The van der Waals surface area contributed by atoms with E-state index in [-0.39, 0.29) is 23.8 Å². The summed E-state index contributed by atoms with van der Waals surface area (Å²) >= 11 is 1.58. The van der Waals surface area contributed by atoms with Gasteiger partial charge in [-0.1, -0.05) is 12.5 Å². The topological polar surface area (TPSA) is 64.4 Å². The average Bonchev–Trinajstić information content (AvgIpc) is 3.14. The van der Waals surface area contributed by atoms with Crippen molar-refractivity contribution in [1.29, 1.82) is 0 Å². The fourth-order valence-electron chi connectivity index (χ4n) is 3.95. The molecule has 0 aromatic carbocycles. The van der Waals surface area contributed by atoms with E-state index >= 15 is 0 Å². The van der Waals surface area contributed by atoms with Crippen molar-refractivity contribution in [1.82, 2.24) is 10.3 Å². The van der Waals surface area contributed by atoms with Crippen LogP contribution in [-0.2, 0) is 16.0 Å². The first-order chi connectivity index (χ1) is 11.7. The van der Waals surface area contributed by atoms with Crippen molar-refractivity contribution in [3.63, 3.8) is 0 Å². The Kier molecular flexibility index (Phi) is 4.18. The SMILES string of the molecule is CCO[C@@H]1C[C@H](NC(=O)Cc2coc(-c3cccs3)n2)C12CCC2. The number of carbonyl (C=O) groups is 1. The van der Waals surface area contributed by atoms with Gasteiger partial charge in [-0.2, -0.15) is 0 Å². The van der Waals surface area contributed by atoms with Gasteiger partial charge < -0.3 is 14.5 Å². The predicted octanol–water partition coefficient (Wildman–Crippen LogP) is 3.41. The fourth-order valence-corrected chi connectivity index (χ4v) is 4.61.